The molecule has 0 aliphatic carbocycles. The maximum absolute atomic E-state index is 12.5. The van der Waals surface area contributed by atoms with Crippen LogP contribution in [0, 0.1) is 3.95 Å². The van der Waals surface area contributed by atoms with Gasteiger partial charge in [0.1, 0.15) is 19.0 Å². The first-order chi connectivity index (χ1) is 14.1. The van der Waals surface area contributed by atoms with Crippen molar-refractivity contribution in [2.24, 2.45) is 4.99 Å². The maximum atomic E-state index is 12.5. The van der Waals surface area contributed by atoms with Crippen LogP contribution in [0.4, 0.5) is 0 Å². The second-order valence-electron chi connectivity index (χ2n) is 6.44. The van der Waals surface area contributed by atoms with Crippen LogP contribution in [0.15, 0.2) is 45.5 Å². The Kier molecular flexibility index (Phi) is 4.33. The van der Waals surface area contributed by atoms with Gasteiger partial charge >= 0.3 is 0 Å². The van der Waals surface area contributed by atoms with Crippen molar-refractivity contribution in [3.05, 3.63) is 61.3 Å². The normalized spacial score (nSPS) is 16.3. The van der Waals surface area contributed by atoms with Crippen LogP contribution < -0.4 is 20.0 Å². The van der Waals surface area contributed by atoms with E-state index in [2.05, 4.69) is 4.99 Å². The van der Waals surface area contributed by atoms with Crippen LogP contribution in [0.2, 0.25) is 0 Å². The van der Waals surface area contributed by atoms with Crippen LogP contribution >= 0.6 is 23.6 Å². The predicted molar refractivity (Wildman–Crippen MR) is 108 cm³/mol. The molecule has 0 bridgehead atoms. The highest BCUT2D eigenvalue weighted by atomic mass is 32.1. The van der Waals surface area contributed by atoms with Crippen molar-refractivity contribution in [1.82, 2.24) is 4.57 Å². The summed E-state index contributed by atoms with van der Waals surface area (Å²) in [5.74, 6) is 1.46. The Labute approximate surface area is 173 Å². The molecule has 1 amide bonds. The van der Waals surface area contributed by atoms with E-state index in [1.54, 1.807) is 47.2 Å². The van der Waals surface area contributed by atoms with Crippen LogP contribution in [0.1, 0.15) is 10.6 Å². The number of aromatic hydroxyl groups is 1. The molecule has 7 nitrogen and oxygen atoms in total. The standard InChI is InChI=1S/C20H14N2O5S2/c23-18-12(6-11-7-15-16(9-14(11)21-18)27-5-4-26-15)8-17-19(24)22(20(28)29-17)10-13-2-1-3-25-13/h1-3,6-9,24H,4-5,10H2. The second kappa shape index (κ2) is 7.02. The first-order valence-electron chi connectivity index (χ1n) is 8.79. The number of amides is 1. The van der Waals surface area contributed by atoms with Crippen molar-refractivity contribution in [2.45, 2.75) is 6.54 Å². The molecule has 9 heteroatoms. The lowest BCUT2D eigenvalue weighted by atomic mass is 10.1. The lowest BCUT2D eigenvalue weighted by Crippen LogP contribution is -2.32. The van der Waals surface area contributed by atoms with Gasteiger partial charge in [-0.3, -0.25) is 9.36 Å². The highest BCUT2D eigenvalue weighted by Crippen LogP contribution is 2.30. The third-order valence-corrected chi connectivity index (χ3v) is 5.93. The zero-order valence-electron chi connectivity index (χ0n) is 15.0. The van der Waals surface area contributed by atoms with Gasteiger partial charge in [0.25, 0.3) is 5.91 Å². The fourth-order valence-corrected chi connectivity index (χ4v) is 4.42. The summed E-state index contributed by atoms with van der Waals surface area (Å²) < 4.78 is 18.5. The van der Waals surface area contributed by atoms with Gasteiger partial charge in [-0.2, -0.15) is 0 Å². The lowest BCUT2D eigenvalue weighted by molar-refractivity contribution is -0.114. The summed E-state index contributed by atoms with van der Waals surface area (Å²) >= 11 is 6.58. The minimum absolute atomic E-state index is 0.0157. The van der Waals surface area contributed by atoms with E-state index < -0.39 is 5.91 Å². The minimum Gasteiger partial charge on any atom is -0.493 e. The Hall–Kier alpha value is -3.17. The van der Waals surface area contributed by atoms with Gasteiger partial charge in [0.05, 0.1) is 23.0 Å². The van der Waals surface area contributed by atoms with Gasteiger partial charge in [-0.15, -0.1) is 11.3 Å². The number of nitrogens with zero attached hydrogens (tertiary/aromatic N) is 2. The van der Waals surface area contributed by atoms with Gasteiger partial charge in [0, 0.05) is 16.9 Å². The van der Waals surface area contributed by atoms with Crippen molar-refractivity contribution < 1.29 is 23.8 Å². The molecule has 2 aliphatic rings. The first-order valence-corrected chi connectivity index (χ1v) is 10.0. The molecule has 0 fully saturated rings. The van der Waals surface area contributed by atoms with Gasteiger partial charge < -0.3 is 19.0 Å². The van der Waals surface area contributed by atoms with Crippen LogP contribution in [0.3, 0.4) is 0 Å². The Morgan fingerprint density at radius 2 is 2.07 bits per heavy atom. The average molecular weight is 426 g/mol. The van der Waals surface area contributed by atoms with Gasteiger partial charge in [0.15, 0.2) is 15.5 Å². The highest BCUT2D eigenvalue weighted by Gasteiger charge is 2.18. The number of fused-ring (bicyclic) bond motifs is 2. The molecule has 0 spiro atoms. The number of hydrogen-bond donors (Lipinski definition) is 1. The van der Waals surface area contributed by atoms with Crippen molar-refractivity contribution >= 4 is 41.6 Å². The van der Waals surface area contributed by atoms with Crippen molar-refractivity contribution in [3.8, 4) is 17.4 Å². The molecule has 4 heterocycles. The van der Waals surface area contributed by atoms with E-state index in [9.17, 15) is 9.90 Å². The number of aromatic nitrogens is 1. The van der Waals surface area contributed by atoms with Crippen LogP contribution in [0.5, 0.6) is 17.4 Å². The van der Waals surface area contributed by atoms with E-state index in [0.29, 0.717) is 56.8 Å². The summed E-state index contributed by atoms with van der Waals surface area (Å²) in [5, 5.41) is 11.9. The largest absolute Gasteiger partial charge is 0.493 e. The number of thiazole rings is 1. The fourth-order valence-electron chi connectivity index (χ4n) is 3.16. The average Bonchev–Trinajstić information content (AvgIpc) is 3.31. The van der Waals surface area contributed by atoms with E-state index in [4.69, 9.17) is 26.1 Å². The molecule has 1 aromatic carbocycles. The second-order valence-corrected chi connectivity index (χ2v) is 8.11. The molecule has 29 heavy (non-hydrogen) atoms. The Morgan fingerprint density at radius 3 is 2.83 bits per heavy atom. The molecule has 5 rings (SSSR count). The van der Waals surface area contributed by atoms with Gasteiger partial charge in [0.2, 0.25) is 5.88 Å². The summed E-state index contributed by atoms with van der Waals surface area (Å²) in [6.07, 6.45) is 4.88. The van der Waals surface area contributed by atoms with Crippen molar-refractivity contribution in [2.75, 3.05) is 13.2 Å². The van der Waals surface area contributed by atoms with E-state index in [1.165, 1.54) is 11.3 Å². The van der Waals surface area contributed by atoms with Gasteiger partial charge in [-0.1, -0.05) is 0 Å². The lowest BCUT2D eigenvalue weighted by Gasteiger charge is -2.18. The molecule has 0 saturated heterocycles. The molecule has 0 atom stereocenters. The smallest absolute Gasteiger partial charge is 0.277 e. The SMILES string of the molecule is O=C1N=c2cc3c(cc2=CC1=Cc1sc(=S)n(Cc2ccco2)c1O)OCCO3. The molecule has 146 valence electrons. The number of furan rings is 1. The number of hydrogen-bond acceptors (Lipinski definition) is 7. The molecule has 2 aromatic heterocycles. The Balaban J connectivity index is 1.56. The summed E-state index contributed by atoms with van der Waals surface area (Å²) in [6, 6.07) is 7.08. The van der Waals surface area contributed by atoms with Crippen LogP contribution in [0.25, 0.3) is 12.2 Å². The number of carbonyl (C=O) groups excluding carboxylic acids is 1. The number of rotatable bonds is 3. The first kappa shape index (κ1) is 17.9. The van der Waals surface area contributed by atoms with E-state index in [0.717, 1.165) is 5.22 Å². The van der Waals surface area contributed by atoms with E-state index in [-0.39, 0.29) is 5.88 Å². The minimum atomic E-state index is -0.398. The molecule has 3 aromatic rings. The van der Waals surface area contributed by atoms with Gasteiger partial charge in [-0.25, -0.2) is 4.99 Å². The van der Waals surface area contributed by atoms with Gasteiger partial charge in [-0.05, 0) is 42.6 Å². The maximum Gasteiger partial charge on any atom is 0.277 e. The molecule has 1 N–H and O–H groups in total. The topological polar surface area (TPSA) is 86.2 Å². The zero-order chi connectivity index (χ0) is 20.0. The summed E-state index contributed by atoms with van der Waals surface area (Å²) in [7, 11) is 0. The summed E-state index contributed by atoms with van der Waals surface area (Å²) in [6.45, 7) is 1.25. The number of benzene rings is 1. The molecule has 2 aliphatic heterocycles. The third kappa shape index (κ3) is 3.28. The molecular weight excluding hydrogens is 412 g/mol. The van der Waals surface area contributed by atoms with Crippen LogP contribution in [-0.2, 0) is 11.3 Å². The number of ether oxygens (including phenoxy) is 2. The molecule has 0 saturated carbocycles. The van der Waals surface area contributed by atoms with E-state index >= 15 is 0 Å². The highest BCUT2D eigenvalue weighted by molar-refractivity contribution is 7.73. The van der Waals surface area contributed by atoms with Crippen LogP contribution in [-0.4, -0.2) is 28.8 Å². The summed E-state index contributed by atoms with van der Waals surface area (Å²) in [5.41, 5.74) is 0.353. The molecule has 0 radical (unpaired) electrons. The molecule has 0 unspecified atom stereocenters. The van der Waals surface area contributed by atoms with Crippen molar-refractivity contribution in [3.63, 3.8) is 0 Å². The zero-order valence-corrected chi connectivity index (χ0v) is 16.6. The summed E-state index contributed by atoms with van der Waals surface area (Å²) in [4.78, 5) is 17.2. The number of carbonyl (C=O) groups is 1. The predicted octanol–water partition coefficient (Wildman–Crippen LogP) is 2.42. The Morgan fingerprint density at radius 1 is 1.28 bits per heavy atom. The molecular formula is C20H14N2O5S2. The monoisotopic (exact) mass is 426 g/mol. The van der Waals surface area contributed by atoms with Crippen molar-refractivity contribution in [1.29, 1.82) is 0 Å². The Bertz CT molecular complexity index is 1330. The van der Waals surface area contributed by atoms with E-state index in [1.807, 2.05) is 0 Å². The quantitative estimate of drug-likeness (QED) is 0.511. The fraction of sp³-hybridized carbons (Fsp3) is 0.150. The third-order valence-electron chi connectivity index (χ3n) is 4.55.